The summed E-state index contributed by atoms with van der Waals surface area (Å²) in [6.45, 7) is 8.94. The van der Waals surface area contributed by atoms with Crippen LogP contribution >= 0.6 is 0 Å². The van der Waals surface area contributed by atoms with E-state index in [4.69, 9.17) is 4.74 Å². The molecular weight excluding hydrogens is 306 g/mol. The summed E-state index contributed by atoms with van der Waals surface area (Å²) in [7, 11) is 1.78. The van der Waals surface area contributed by atoms with Crippen LogP contribution in [0.1, 0.15) is 33.4 Å². The van der Waals surface area contributed by atoms with Crippen molar-refractivity contribution in [3.63, 3.8) is 0 Å². The normalized spacial score (nSPS) is 20.8. The van der Waals surface area contributed by atoms with E-state index in [1.54, 1.807) is 23.0 Å². The Morgan fingerprint density at radius 1 is 1.33 bits per heavy atom. The zero-order chi connectivity index (χ0) is 17.9. The molecule has 6 nitrogen and oxygen atoms in total. The van der Waals surface area contributed by atoms with Gasteiger partial charge < -0.3 is 14.5 Å². The molecule has 0 radical (unpaired) electrons. The van der Waals surface area contributed by atoms with Gasteiger partial charge in [-0.3, -0.25) is 9.78 Å². The Labute approximate surface area is 143 Å². The standard InChI is InChI=1S/C18H27N3O3/c1-13-10-21(17(23)24-18(2,3)4)12-15(13)16(22)20(5)11-14-8-6-7-9-19-14/h6-9,13,15H,10-12H2,1-5H3/t13-,15-/m1/s1. The third-order valence-electron chi connectivity index (χ3n) is 4.08. The maximum Gasteiger partial charge on any atom is 0.410 e. The van der Waals surface area contributed by atoms with Crippen molar-refractivity contribution in [1.82, 2.24) is 14.8 Å². The van der Waals surface area contributed by atoms with Gasteiger partial charge in [-0.1, -0.05) is 13.0 Å². The second kappa shape index (κ2) is 7.20. The highest BCUT2D eigenvalue weighted by atomic mass is 16.6. The van der Waals surface area contributed by atoms with Crippen LogP contribution in [0.2, 0.25) is 0 Å². The van der Waals surface area contributed by atoms with Crippen LogP contribution in [0, 0.1) is 11.8 Å². The van der Waals surface area contributed by atoms with Crippen molar-refractivity contribution in [2.75, 3.05) is 20.1 Å². The van der Waals surface area contributed by atoms with Crippen LogP contribution in [-0.4, -0.2) is 52.5 Å². The maximum absolute atomic E-state index is 12.7. The monoisotopic (exact) mass is 333 g/mol. The number of amides is 2. The lowest BCUT2D eigenvalue weighted by Crippen LogP contribution is -2.38. The van der Waals surface area contributed by atoms with Gasteiger partial charge in [-0.2, -0.15) is 0 Å². The van der Waals surface area contributed by atoms with E-state index in [0.717, 1.165) is 5.69 Å². The molecule has 0 N–H and O–H groups in total. The fourth-order valence-electron chi connectivity index (χ4n) is 2.86. The molecule has 1 fully saturated rings. The second-order valence-corrected chi connectivity index (χ2v) is 7.48. The minimum Gasteiger partial charge on any atom is -0.444 e. The summed E-state index contributed by atoms with van der Waals surface area (Å²) in [5.74, 6) is -0.0540. The van der Waals surface area contributed by atoms with E-state index < -0.39 is 5.60 Å². The van der Waals surface area contributed by atoms with E-state index in [1.165, 1.54) is 0 Å². The molecule has 1 aliphatic rings. The van der Waals surface area contributed by atoms with E-state index in [0.29, 0.717) is 19.6 Å². The Bertz CT molecular complexity index is 583. The number of hydrogen-bond acceptors (Lipinski definition) is 4. The van der Waals surface area contributed by atoms with Gasteiger partial charge in [0.25, 0.3) is 0 Å². The summed E-state index contributed by atoms with van der Waals surface area (Å²) in [6.07, 6.45) is 1.37. The summed E-state index contributed by atoms with van der Waals surface area (Å²) in [5, 5.41) is 0. The third-order valence-corrected chi connectivity index (χ3v) is 4.08. The maximum atomic E-state index is 12.7. The number of nitrogens with zero attached hydrogens (tertiary/aromatic N) is 3. The van der Waals surface area contributed by atoms with Crippen LogP contribution in [-0.2, 0) is 16.1 Å². The Hall–Kier alpha value is -2.11. The van der Waals surface area contributed by atoms with Gasteiger partial charge in [-0.05, 0) is 38.8 Å². The molecule has 0 aliphatic carbocycles. The van der Waals surface area contributed by atoms with E-state index >= 15 is 0 Å². The number of rotatable bonds is 3. The lowest BCUT2D eigenvalue weighted by atomic mass is 9.97. The number of pyridine rings is 1. The van der Waals surface area contributed by atoms with Crippen LogP contribution in [0.15, 0.2) is 24.4 Å². The molecule has 2 rings (SSSR count). The molecule has 0 saturated carbocycles. The smallest absolute Gasteiger partial charge is 0.410 e. The Balaban J connectivity index is 1.96. The SMILES string of the molecule is C[C@@H]1CN(C(=O)OC(C)(C)C)C[C@H]1C(=O)N(C)Cc1ccccn1. The summed E-state index contributed by atoms with van der Waals surface area (Å²) < 4.78 is 5.41. The minimum atomic E-state index is -0.530. The van der Waals surface area contributed by atoms with Crippen molar-refractivity contribution in [2.45, 2.75) is 39.8 Å². The first kappa shape index (κ1) is 18.2. The molecule has 2 atom stereocenters. The van der Waals surface area contributed by atoms with Crippen LogP contribution in [0.3, 0.4) is 0 Å². The van der Waals surface area contributed by atoms with Crippen molar-refractivity contribution >= 4 is 12.0 Å². The molecule has 2 heterocycles. The van der Waals surface area contributed by atoms with Crippen LogP contribution in [0.5, 0.6) is 0 Å². The first-order chi connectivity index (χ1) is 11.2. The van der Waals surface area contributed by atoms with Gasteiger partial charge in [0, 0.05) is 26.3 Å². The van der Waals surface area contributed by atoms with Crippen molar-refractivity contribution in [2.24, 2.45) is 11.8 Å². The number of carbonyl (C=O) groups is 2. The molecule has 6 heteroatoms. The molecular formula is C18H27N3O3. The Morgan fingerprint density at radius 3 is 2.62 bits per heavy atom. The van der Waals surface area contributed by atoms with Gasteiger partial charge in [-0.15, -0.1) is 0 Å². The Morgan fingerprint density at radius 2 is 2.04 bits per heavy atom. The summed E-state index contributed by atoms with van der Waals surface area (Å²) in [4.78, 5) is 32.5. The number of ether oxygens (including phenoxy) is 1. The van der Waals surface area contributed by atoms with Crippen molar-refractivity contribution in [3.05, 3.63) is 30.1 Å². The first-order valence-electron chi connectivity index (χ1n) is 8.30. The molecule has 0 aromatic carbocycles. The summed E-state index contributed by atoms with van der Waals surface area (Å²) in [6, 6.07) is 5.65. The molecule has 1 aromatic rings. The minimum absolute atomic E-state index is 0.0409. The molecule has 1 aliphatic heterocycles. The van der Waals surface area contributed by atoms with Crippen molar-refractivity contribution < 1.29 is 14.3 Å². The lowest BCUT2D eigenvalue weighted by Gasteiger charge is -2.25. The number of carbonyl (C=O) groups excluding carboxylic acids is 2. The predicted molar refractivity (Wildman–Crippen MR) is 91.2 cm³/mol. The summed E-state index contributed by atoms with van der Waals surface area (Å²) in [5.41, 5.74) is 0.320. The molecule has 0 bridgehead atoms. The third kappa shape index (κ3) is 4.69. The van der Waals surface area contributed by atoms with Crippen LogP contribution in [0.4, 0.5) is 4.79 Å². The van der Waals surface area contributed by atoms with Crippen molar-refractivity contribution in [1.29, 1.82) is 0 Å². The molecule has 132 valence electrons. The number of hydrogen-bond donors (Lipinski definition) is 0. The largest absolute Gasteiger partial charge is 0.444 e. The van der Waals surface area contributed by atoms with Gasteiger partial charge in [0.2, 0.25) is 5.91 Å². The van der Waals surface area contributed by atoms with Gasteiger partial charge in [0.05, 0.1) is 18.2 Å². The number of likely N-dealkylation sites (tertiary alicyclic amines) is 1. The van der Waals surface area contributed by atoms with E-state index in [9.17, 15) is 9.59 Å². The molecule has 0 spiro atoms. The zero-order valence-electron chi connectivity index (χ0n) is 15.2. The second-order valence-electron chi connectivity index (χ2n) is 7.48. The van der Waals surface area contributed by atoms with Crippen LogP contribution in [0.25, 0.3) is 0 Å². The Kier molecular flexibility index (Phi) is 5.47. The highest BCUT2D eigenvalue weighted by Gasteiger charge is 2.39. The highest BCUT2D eigenvalue weighted by Crippen LogP contribution is 2.26. The molecule has 24 heavy (non-hydrogen) atoms. The van der Waals surface area contributed by atoms with Gasteiger partial charge in [-0.25, -0.2) is 4.79 Å². The highest BCUT2D eigenvalue weighted by molar-refractivity contribution is 5.81. The van der Waals surface area contributed by atoms with Crippen molar-refractivity contribution in [3.8, 4) is 0 Å². The zero-order valence-corrected chi connectivity index (χ0v) is 15.2. The average molecular weight is 333 g/mol. The fourth-order valence-corrected chi connectivity index (χ4v) is 2.86. The van der Waals surface area contributed by atoms with E-state index in [-0.39, 0.29) is 23.8 Å². The molecule has 1 saturated heterocycles. The number of aromatic nitrogens is 1. The van der Waals surface area contributed by atoms with Gasteiger partial charge in [0.1, 0.15) is 5.60 Å². The fraction of sp³-hybridized carbons (Fsp3) is 0.611. The van der Waals surface area contributed by atoms with E-state index in [1.807, 2.05) is 45.9 Å². The van der Waals surface area contributed by atoms with Gasteiger partial charge in [0.15, 0.2) is 0 Å². The summed E-state index contributed by atoms with van der Waals surface area (Å²) >= 11 is 0. The van der Waals surface area contributed by atoms with Crippen LogP contribution < -0.4 is 0 Å². The predicted octanol–water partition coefficient (Wildman–Crippen LogP) is 2.54. The molecule has 0 unspecified atom stereocenters. The lowest BCUT2D eigenvalue weighted by molar-refractivity contribution is -0.135. The molecule has 1 aromatic heterocycles. The van der Waals surface area contributed by atoms with Gasteiger partial charge >= 0.3 is 6.09 Å². The first-order valence-corrected chi connectivity index (χ1v) is 8.30. The van der Waals surface area contributed by atoms with E-state index in [2.05, 4.69) is 4.98 Å². The quantitative estimate of drug-likeness (QED) is 0.853. The topological polar surface area (TPSA) is 62.7 Å². The molecule has 2 amide bonds. The average Bonchev–Trinajstić information content (AvgIpc) is 2.88.